The number of nitrogens with one attached hydrogen (secondary N) is 1. The van der Waals surface area contributed by atoms with E-state index in [1.165, 1.54) is 7.11 Å². The lowest BCUT2D eigenvalue weighted by Gasteiger charge is -2.16. The van der Waals surface area contributed by atoms with Crippen molar-refractivity contribution < 1.29 is 22.7 Å². The summed E-state index contributed by atoms with van der Waals surface area (Å²) in [6, 6.07) is 4.86. The third-order valence-corrected chi connectivity index (χ3v) is 2.79. The van der Waals surface area contributed by atoms with Crippen molar-refractivity contribution in [3.05, 3.63) is 28.2 Å². The number of halogens is 4. The number of benzene rings is 1. The van der Waals surface area contributed by atoms with Gasteiger partial charge in [0.1, 0.15) is 5.75 Å². The lowest BCUT2D eigenvalue weighted by atomic mass is 10.1. The first kappa shape index (κ1) is 15.3. The number of hydrogen-bond donors (Lipinski definition) is 1. The average molecular weight is 328 g/mol. The molecule has 102 valence electrons. The lowest BCUT2D eigenvalue weighted by Crippen LogP contribution is -2.26. The molecule has 0 aliphatic heterocycles. The summed E-state index contributed by atoms with van der Waals surface area (Å²) >= 11 is 3.30. The van der Waals surface area contributed by atoms with Crippen LogP contribution in [-0.4, -0.2) is 19.9 Å². The highest BCUT2D eigenvalue weighted by molar-refractivity contribution is 9.10. The molecule has 1 atom stereocenters. The van der Waals surface area contributed by atoms with Gasteiger partial charge >= 0.3 is 6.18 Å². The van der Waals surface area contributed by atoms with Crippen molar-refractivity contribution in [2.24, 2.45) is 0 Å². The Hall–Kier alpha value is -0.790. The van der Waals surface area contributed by atoms with Crippen LogP contribution in [0.2, 0.25) is 0 Å². The van der Waals surface area contributed by atoms with Crippen LogP contribution in [-0.2, 0) is 4.84 Å². The van der Waals surface area contributed by atoms with E-state index < -0.39 is 12.8 Å². The minimum absolute atomic E-state index is 0.366. The standard InChI is InChI=1S/C11H13BrF3NO2/c1-7(16-18-6-11(13,14)15)8-3-4-10(17-2)9(12)5-8/h3-5,7,16H,6H2,1-2H3. The quantitative estimate of drug-likeness (QED) is 0.838. The Morgan fingerprint density at radius 1 is 1.39 bits per heavy atom. The van der Waals surface area contributed by atoms with Gasteiger partial charge in [0, 0.05) is 0 Å². The van der Waals surface area contributed by atoms with Gasteiger partial charge in [-0.25, -0.2) is 0 Å². The van der Waals surface area contributed by atoms with Gasteiger partial charge in [-0.2, -0.15) is 18.7 Å². The van der Waals surface area contributed by atoms with Crippen molar-refractivity contribution >= 4 is 15.9 Å². The SMILES string of the molecule is COc1ccc(C(C)NOCC(F)(F)F)cc1Br. The zero-order valence-corrected chi connectivity index (χ0v) is 11.4. The molecule has 0 fully saturated rings. The van der Waals surface area contributed by atoms with Crippen LogP contribution in [0.5, 0.6) is 5.75 Å². The molecular weight excluding hydrogens is 315 g/mol. The Labute approximate surface area is 111 Å². The van der Waals surface area contributed by atoms with Gasteiger partial charge in [-0.1, -0.05) is 6.07 Å². The summed E-state index contributed by atoms with van der Waals surface area (Å²) in [6.45, 7) is 0.374. The second-order valence-corrected chi connectivity index (χ2v) is 4.49. The van der Waals surface area contributed by atoms with Gasteiger partial charge in [-0.15, -0.1) is 0 Å². The Balaban J connectivity index is 2.56. The molecule has 1 unspecified atom stereocenters. The average Bonchev–Trinajstić information content (AvgIpc) is 2.27. The van der Waals surface area contributed by atoms with E-state index in [9.17, 15) is 13.2 Å². The number of rotatable bonds is 5. The molecule has 1 rings (SSSR count). The van der Waals surface area contributed by atoms with Crippen molar-refractivity contribution in [1.82, 2.24) is 5.48 Å². The first-order chi connectivity index (χ1) is 8.33. The third kappa shape index (κ3) is 4.83. The Morgan fingerprint density at radius 2 is 2.06 bits per heavy atom. The smallest absolute Gasteiger partial charge is 0.413 e. The summed E-state index contributed by atoms with van der Waals surface area (Å²) in [5.41, 5.74) is 3.12. The molecule has 3 nitrogen and oxygen atoms in total. The highest BCUT2D eigenvalue weighted by atomic mass is 79.9. The monoisotopic (exact) mass is 327 g/mol. The largest absolute Gasteiger partial charge is 0.496 e. The first-order valence-electron chi connectivity index (χ1n) is 5.11. The number of alkyl halides is 3. The maximum Gasteiger partial charge on any atom is 0.413 e. The number of hydrogen-bond acceptors (Lipinski definition) is 3. The fourth-order valence-corrected chi connectivity index (χ4v) is 1.83. The van der Waals surface area contributed by atoms with Crippen LogP contribution in [0.1, 0.15) is 18.5 Å². The van der Waals surface area contributed by atoms with Gasteiger partial charge < -0.3 is 4.74 Å². The fourth-order valence-electron chi connectivity index (χ4n) is 1.27. The molecule has 0 saturated heterocycles. The van der Waals surface area contributed by atoms with Crippen LogP contribution >= 0.6 is 15.9 Å². The predicted octanol–water partition coefficient (Wildman–Crippen LogP) is 3.60. The van der Waals surface area contributed by atoms with E-state index in [1.807, 2.05) is 0 Å². The molecule has 0 spiro atoms. The zero-order chi connectivity index (χ0) is 13.8. The molecule has 0 aliphatic carbocycles. The highest BCUT2D eigenvalue weighted by Gasteiger charge is 2.28. The van der Waals surface area contributed by atoms with E-state index in [4.69, 9.17) is 4.74 Å². The Kier molecular flexibility index (Phi) is 5.43. The zero-order valence-electron chi connectivity index (χ0n) is 9.84. The first-order valence-corrected chi connectivity index (χ1v) is 5.90. The number of hydroxylamine groups is 1. The van der Waals surface area contributed by atoms with Crippen molar-refractivity contribution in [2.75, 3.05) is 13.7 Å². The molecule has 0 radical (unpaired) electrons. The second-order valence-electron chi connectivity index (χ2n) is 3.64. The molecule has 7 heteroatoms. The topological polar surface area (TPSA) is 30.5 Å². The lowest BCUT2D eigenvalue weighted by molar-refractivity contribution is -0.192. The number of ether oxygens (including phenoxy) is 1. The van der Waals surface area contributed by atoms with E-state index in [0.717, 1.165) is 10.0 Å². The van der Waals surface area contributed by atoms with E-state index in [1.54, 1.807) is 25.1 Å². The van der Waals surface area contributed by atoms with Gasteiger partial charge in [-0.3, -0.25) is 4.84 Å². The van der Waals surface area contributed by atoms with Crippen LogP contribution in [0.25, 0.3) is 0 Å². The molecule has 18 heavy (non-hydrogen) atoms. The van der Waals surface area contributed by atoms with Gasteiger partial charge in [-0.05, 0) is 40.5 Å². The van der Waals surface area contributed by atoms with E-state index in [0.29, 0.717) is 5.75 Å². The summed E-state index contributed by atoms with van der Waals surface area (Å²) in [4.78, 5) is 4.39. The molecule has 0 bridgehead atoms. The summed E-state index contributed by atoms with van der Waals surface area (Å²) in [5.74, 6) is 0.655. The number of methoxy groups -OCH3 is 1. The molecular formula is C11H13BrF3NO2. The third-order valence-electron chi connectivity index (χ3n) is 2.17. The summed E-state index contributed by atoms with van der Waals surface area (Å²) < 4.78 is 41.4. The molecule has 1 aromatic rings. The Morgan fingerprint density at radius 3 is 2.56 bits per heavy atom. The van der Waals surface area contributed by atoms with Gasteiger partial charge in [0.2, 0.25) is 0 Å². The molecule has 0 saturated carbocycles. The van der Waals surface area contributed by atoms with Crippen molar-refractivity contribution in [3.8, 4) is 5.75 Å². The van der Waals surface area contributed by atoms with E-state index in [2.05, 4.69) is 26.2 Å². The molecule has 0 heterocycles. The minimum atomic E-state index is -4.34. The van der Waals surface area contributed by atoms with E-state index in [-0.39, 0.29) is 6.04 Å². The van der Waals surface area contributed by atoms with Crippen LogP contribution in [0, 0.1) is 0 Å². The normalized spacial score (nSPS) is 13.4. The Bertz CT molecular complexity index is 398. The van der Waals surface area contributed by atoms with Crippen LogP contribution < -0.4 is 10.2 Å². The summed E-state index contributed by atoms with van der Waals surface area (Å²) in [5, 5.41) is 0. The predicted molar refractivity (Wildman–Crippen MR) is 64.3 cm³/mol. The van der Waals surface area contributed by atoms with Gasteiger partial charge in [0.15, 0.2) is 6.61 Å². The molecule has 0 aliphatic rings. The van der Waals surface area contributed by atoms with Gasteiger partial charge in [0.25, 0.3) is 0 Å². The van der Waals surface area contributed by atoms with Crippen LogP contribution in [0.3, 0.4) is 0 Å². The van der Waals surface area contributed by atoms with E-state index >= 15 is 0 Å². The van der Waals surface area contributed by atoms with Crippen molar-refractivity contribution in [1.29, 1.82) is 0 Å². The van der Waals surface area contributed by atoms with Crippen molar-refractivity contribution in [3.63, 3.8) is 0 Å². The fraction of sp³-hybridized carbons (Fsp3) is 0.455. The maximum atomic E-state index is 11.9. The molecule has 0 aromatic heterocycles. The highest BCUT2D eigenvalue weighted by Crippen LogP contribution is 2.28. The summed E-state index contributed by atoms with van der Waals surface area (Å²) in [6.07, 6.45) is -4.34. The molecule has 1 aromatic carbocycles. The van der Waals surface area contributed by atoms with Crippen LogP contribution in [0.4, 0.5) is 13.2 Å². The molecule has 1 N–H and O–H groups in total. The maximum absolute atomic E-state index is 11.9. The molecule has 0 amide bonds. The van der Waals surface area contributed by atoms with Crippen LogP contribution in [0.15, 0.2) is 22.7 Å². The van der Waals surface area contributed by atoms with Gasteiger partial charge in [0.05, 0.1) is 17.6 Å². The minimum Gasteiger partial charge on any atom is -0.496 e. The summed E-state index contributed by atoms with van der Waals surface area (Å²) in [7, 11) is 1.54. The van der Waals surface area contributed by atoms with Crippen molar-refractivity contribution in [2.45, 2.75) is 19.1 Å². The second kappa shape index (κ2) is 6.40.